The van der Waals surface area contributed by atoms with Gasteiger partial charge in [-0.05, 0) is 46.1 Å². The number of aryl methyl sites for hydroxylation is 1. The number of aromatic nitrogens is 2. The molecule has 2 heterocycles. The van der Waals surface area contributed by atoms with Crippen LogP contribution in [0, 0.1) is 0 Å². The molecule has 92 valence electrons. The third kappa shape index (κ3) is 3.92. The molecular weight excluding hydrogens is 294 g/mol. The van der Waals surface area contributed by atoms with E-state index in [9.17, 15) is 4.79 Å². The molecule has 0 aromatic carbocycles. The molecule has 18 heavy (non-hydrogen) atoms. The highest BCUT2D eigenvalue weighted by atomic mass is 79.9. The number of carbonyl (C=O) groups excluding carboxylic acids is 1. The summed E-state index contributed by atoms with van der Waals surface area (Å²) in [5.41, 5.74) is 1.05. The fourth-order valence-corrected chi connectivity index (χ4v) is 1.69. The number of amides is 1. The van der Waals surface area contributed by atoms with Gasteiger partial charge in [0.05, 0.1) is 0 Å². The lowest BCUT2D eigenvalue weighted by Gasteiger charge is -2.04. The normalized spacial score (nSPS) is 10.1. The maximum atomic E-state index is 11.7. The first-order valence-electron chi connectivity index (χ1n) is 5.54. The quantitative estimate of drug-likeness (QED) is 0.945. The van der Waals surface area contributed by atoms with Gasteiger partial charge in [0.1, 0.15) is 5.82 Å². The molecule has 0 aliphatic carbocycles. The molecule has 1 amide bonds. The second-order valence-electron chi connectivity index (χ2n) is 3.77. The molecule has 0 atom stereocenters. The van der Waals surface area contributed by atoms with E-state index in [1.807, 2.05) is 18.2 Å². The summed E-state index contributed by atoms with van der Waals surface area (Å²) in [6.45, 7) is 0. The summed E-state index contributed by atoms with van der Waals surface area (Å²) in [6.07, 6.45) is 6.23. The van der Waals surface area contributed by atoms with E-state index in [2.05, 4.69) is 31.2 Å². The van der Waals surface area contributed by atoms with Gasteiger partial charge in [0.25, 0.3) is 0 Å². The van der Waals surface area contributed by atoms with E-state index in [4.69, 9.17) is 0 Å². The maximum absolute atomic E-state index is 11.7. The van der Waals surface area contributed by atoms with E-state index in [0.717, 1.165) is 10.0 Å². The summed E-state index contributed by atoms with van der Waals surface area (Å²) in [4.78, 5) is 19.8. The van der Waals surface area contributed by atoms with Gasteiger partial charge in [-0.25, -0.2) is 4.98 Å². The monoisotopic (exact) mass is 305 g/mol. The minimum absolute atomic E-state index is 0.0475. The number of nitrogens with zero attached hydrogens (tertiary/aromatic N) is 2. The number of hydrogen-bond acceptors (Lipinski definition) is 3. The number of carbonyl (C=O) groups is 1. The van der Waals surface area contributed by atoms with Gasteiger partial charge >= 0.3 is 0 Å². The number of rotatable bonds is 4. The summed E-state index contributed by atoms with van der Waals surface area (Å²) in [5.74, 6) is 0.517. The Morgan fingerprint density at radius 3 is 2.83 bits per heavy atom. The highest BCUT2D eigenvalue weighted by molar-refractivity contribution is 9.10. The van der Waals surface area contributed by atoms with Crippen molar-refractivity contribution in [3.63, 3.8) is 0 Å². The van der Waals surface area contributed by atoms with E-state index >= 15 is 0 Å². The number of nitrogens with one attached hydrogen (secondary N) is 1. The van der Waals surface area contributed by atoms with Crippen molar-refractivity contribution in [2.75, 3.05) is 5.32 Å². The van der Waals surface area contributed by atoms with Gasteiger partial charge in [0.15, 0.2) is 0 Å². The zero-order valence-corrected chi connectivity index (χ0v) is 11.2. The van der Waals surface area contributed by atoms with Gasteiger partial charge in [-0.2, -0.15) is 0 Å². The molecule has 2 rings (SSSR count). The second-order valence-corrected chi connectivity index (χ2v) is 4.69. The minimum atomic E-state index is -0.0475. The first-order valence-corrected chi connectivity index (χ1v) is 6.33. The molecular formula is C13H12BrN3O. The standard InChI is InChI=1S/C13H12BrN3O/c14-11-4-5-12(16-9-11)17-13(18)6-3-10-2-1-7-15-8-10/h1-2,4-5,7-9H,3,6H2,(H,16,17,18). The summed E-state index contributed by atoms with van der Waals surface area (Å²) < 4.78 is 0.885. The smallest absolute Gasteiger partial charge is 0.225 e. The lowest BCUT2D eigenvalue weighted by atomic mass is 10.1. The predicted molar refractivity (Wildman–Crippen MR) is 73.1 cm³/mol. The lowest BCUT2D eigenvalue weighted by molar-refractivity contribution is -0.116. The van der Waals surface area contributed by atoms with Crippen molar-refractivity contribution in [1.82, 2.24) is 9.97 Å². The van der Waals surface area contributed by atoms with Crippen LogP contribution in [-0.4, -0.2) is 15.9 Å². The van der Waals surface area contributed by atoms with E-state index in [1.165, 1.54) is 0 Å². The van der Waals surface area contributed by atoms with Crippen molar-refractivity contribution in [2.45, 2.75) is 12.8 Å². The Balaban J connectivity index is 1.84. The Kier molecular flexibility index (Phi) is 4.41. The Morgan fingerprint density at radius 1 is 1.28 bits per heavy atom. The van der Waals surface area contributed by atoms with E-state index in [-0.39, 0.29) is 5.91 Å². The first-order chi connectivity index (χ1) is 8.74. The van der Waals surface area contributed by atoms with Crippen LogP contribution in [0.1, 0.15) is 12.0 Å². The molecule has 0 aliphatic heterocycles. The molecule has 0 spiro atoms. The summed E-state index contributed by atoms with van der Waals surface area (Å²) in [7, 11) is 0. The fourth-order valence-electron chi connectivity index (χ4n) is 1.46. The molecule has 0 radical (unpaired) electrons. The van der Waals surface area contributed by atoms with Gasteiger partial charge in [-0.3, -0.25) is 9.78 Å². The van der Waals surface area contributed by atoms with E-state index < -0.39 is 0 Å². The zero-order valence-electron chi connectivity index (χ0n) is 9.64. The van der Waals surface area contributed by atoms with Crippen LogP contribution in [0.3, 0.4) is 0 Å². The number of pyridine rings is 2. The van der Waals surface area contributed by atoms with Crippen molar-refractivity contribution >= 4 is 27.7 Å². The molecule has 0 unspecified atom stereocenters. The number of halogens is 1. The number of anilines is 1. The Morgan fingerprint density at radius 2 is 2.17 bits per heavy atom. The third-order valence-electron chi connectivity index (χ3n) is 2.36. The van der Waals surface area contributed by atoms with Gasteiger partial charge in [-0.1, -0.05) is 6.07 Å². The highest BCUT2D eigenvalue weighted by Crippen LogP contribution is 2.11. The fraction of sp³-hybridized carbons (Fsp3) is 0.154. The molecule has 4 nitrogen and oxygen atoms in total. The van der Waals surface area contributed by atoms with Crippen LogP contribution in [0.15, 0.2) is 47.3 Å². The second kappa shape index (κ2) is 6.26. The molecule has 0 fully saturated rings. The minimum Gasteiger partial charge on any atom is -0.311 e. The molecule has 5 heteroatoms. The predicted octanol–water partition coefficient (Wildman–Crippen LogP) is 2.81. The number of hydrogen-bond donors (Lipinski definition) is 1. The molecule has 2 aromatic heterocycles. The molecule has 0 saturated carbocycles. The molecule has 2 aromatic rings. The Hall–Kier alpha value is -1.75. The van der Waals surface area contributed by atoms with Gasteiger partial charge in [-0.15, -0.1) is 0 Å². The van der Waals surface area contributed by atoms with E-state index in [1.54, 1.807) is 24.7 Å². The van der Waals surface area contributed by atoms with Crippen LogP contribution in [0.2, 0.25) is 0 Å². The zero-order chi connectivity index (χ0) is 12.8. The molecule has 0 saturated heterocycles. The maximum Gasteiger partial charge on any atom is 0.225 e. The summed E-state index contributed by atoms with van der Waals surface area (Å²) >= 11 is 3.29. The topological polar surface area (TPSA) is 54.9 Å². The molecule has 1 N–H and O–H groups in total. The van der Waals surface area contributed by atoms with Crippen molar-refractivity contribution in [1.29, 1.82) is 0 Å². The Bertz CT molecular complexity index is 514. The third-order valence-corrected chi connectivity index (χ3v) is 2.83. The van der Waals surface area contributed by atoms with Crippen molar-refractivity contribution in [2.24, 2.45) is 0 Å². The average Bonchev–Trinajstić information content (AvgIpc) is 2.40. The first kappa shape index (κ1) is 12.7. The van der Waals surface area contributed by atoms with Gasteiger partial charge in [0, 0.05) is 29.5 Å². The molecule has 0 bridgehead atoms. The molecule has 0 aliphatic rings. The SMILES string of the molecule is O=C(CCc1cccnc1)Nc1ccc(Br)cn1. The summed E-state index contributed by atoms with van der Waals surface area (Å²) in [5, 5.41) is 2.75. The Labute approximate surface area is 114 Å². The van der Waals surface area contributed by atoms with Crippen molar-refractivity contribution < 1.29 is 4.79 Å². The van der Waals surface area contributed by atoms with Crippen LogP contribution in [-0.2, 0) is 11.2 Å². The summed E-state index contributed by atoms with van der Waals surface area (Å²) in [6, 6.07) is 7.41. The van der Waals surface area contributed by atoms with Crippen LogP contribution in [0.5, 0.6) is 0 Å². The average molecular weight is 306 g/mol. The van der Waals surface area contributed by atoms with Crippen LogP contribution in [0.4, 0.5) is 5.82 Å². The van der Waals surface area contributed by atoms with Crippen molar-refractivity contribution in [3.05, 3.63) is 52.9 Å². The lowest BCUT2D eigenvalue weighted by Crippen LogP contribution is -2.13. The highest BCUT2D eigenvalue weighted by Gasteiger charge is 2.03. The van der Waals surface area contributed by atoms with Crippen molar-refractivity contribution in [3.8, 4) is 0 Å². The largest absolute Gasteiger partial charge is 0.311 e. The van der Waals surface area contributed by atoms with Crippen LogP contribution < -0.4 is 5.32 Å². The van der Waals surface area contributed by atoms with Gasteiger partial charge in [0.2, 0.25) is 5.91 Å². The van der Waals surface area contributed by atoms with Crippen LogP contribution >= 0.6 is 15.9 Å². The van der Waals surface area contributed by atoms with Gasteiger partial charge < -0.3 is 5.32 Å². The van der Waals surface area contributed by atoms with E-state index in [0.29, 0.717) is 18.7 Å². The van der Waals surface area contributed by atoms with Crippen LogP contribution in [0.25, 0.3) is 0 Å².